The maximum Gasteiger partial charge on any atom is 0.176 e. The fourth-order valence-corrected chi connectivity index (χ4v) is 2.40. The van der Waals surface area contributed by atoms with Gasteiger partial charge in [-0.05, 0) is 5.92 Å². The molecule has 12 heavy (non-hydrogen) atoms. The SMILES string of the molecule is CCB1CC(C)c2ccccc21. The number of fused-ring (bicyclic) bond motifs is 1. The summed E-state index contributed by atoms with van der Waals surface area (Å²) in [6.45, 7) is 5.46. The summed E-state index contributed by atoms with van der Waals surface area (Å²) >= 11 is 0. The summed E-state index contributed by atoms with van der Waals surface area (Å²) in [6.07, 6.45) is 2.65. The molecular weight excluding hydrogens is 143 g/mol. The van der Waals surface area contributed by atoms with E-state index in [0.717, 1.165) is 12.6 Å². The van der Waals surface area contributed by atoms with Gasteiger partial charge in [-0.3, -0.25) is 0 Å². The molecule has 0 saturated carbocycles. The molecule has 0 saturated heterocycles. The third-order valence-corrected chi connectivity index (χ3v) is 3.10. The van der Waals surface area contributed by atoms with Gasteiger partial charge in [-0.1, -0.05) is 61.8 Å². The number of benzene rings is 1. The Hall–Kier alpha value is -0.715. The second-order valence-electron chi connectivity index (χ2n) is 3.87. The molecule has 1 aliphatic rings. The van der Waals surface area contributed by atoms with Gasteiger partial charge in [-0.2, -0.15) is 0 Å². The van der Waals surface area contributed by atoms with Crippen LogP contribution in [-0.4, -0.2) is 6.71 Å². The van der Waals surface area contributed by atoms with Crippen LogP contribution in [0.3, 0.4) is 0 Å². The number of hydrogen-bond donors (Lipinski definition) is 0. The Morgan fingerprint density at radius 2 is 2.17 bits per heavy atom. The van der Waals surface area contributed by atoms with E-state index in [-0.39, 0.29) is 0 Å². The maximum absolute atomic E-state index is 2.34. The van der Waals surface area contributed by atoms with Crippen molar-refractivity contribution in [3.05, 3.63) is 29.8 Å². The van der Waals surface area contributed by atoms with Crippen LogP contribution in [0.15, 0.2) is 24.3 Å². The highest BCUT2D eigenvalue weighted by Gasteiger charge is 2.28. The van der Waals surface area contributed by atoms with E-state index < -0.39 is 0 Å². The Morgan fingerprint density at radius 3 is 2.92 bits per heavy atom. The van der Waals surface area contributed by atoms with Gasteiger partial charge in [-0.15, -0.1) is 0 Å². The van der Waals surface area contributed by atoms with E-state index in [2.05, 4.69) is 38.1 Å². The molecule has 0 aromatic heterocycles. The predicted molar refractivity (Wildman–Crippen MR) is 55.5 cm³/mol. The van der Waals surface area contributed by atoms with Crippen LogP contribution in [0, 0.1) is 0 Å². The van der Waals surface area contributed by atoms with Gasteiger partial charge < -0.3 is 0 Å². The number of rotatable bonds is 1. The minimum absolute atomic E-state index is 0.783. The topological polar surface area (TPSA) is 0 Å². The molecule has 1 unspecified atom stereocenters. The molecule has 0 fully saturated rings. The minimum Gasteiger partial charge on any atom is -0.0767 e. The molecule has 1 aromatic rings. The van der Waals surface area contributed by atoms with Crippen LogP contribution in [-0.2, 0) is 0 Å². The van der Waals surface area contributed by atoms with E-state index in [9.17, 15) is 0 Å². The average molecular weight is 158 g/mol. The highest BCUT2D eigenvalue weighted by molar-refractivity contribution is 6.75. The molecule has 1 aliphatic heterocycles. The first-order valence-corrected chi connectivity index (χ1v) is 4.91. The Bertz CT molecular complexity index is 280. The van der Waals surface area contributed by atoms with Crippen molar-refractivity contribution < 1.29 is 0 Å². The van der Waals surface area contributed by atoms with E-state index >= 15 is 0 Å². The van der Waals surface area contributed by atoms with Crippen molar-refractivity contribution >= 4 is 12.2 Å². The first-order chi connectivity index (χ1) is 5.83. The monoisotopic (exact) mass is 158 g/mol. The summed E-state index contributed by atoms with van der Waals surface area (Å²) in [6, 6.07) is 8.91. The molecule has 1 aromatic carbocycles. The predicted octanol–water partition coefficient (Wildman–Crippen LogP) is 2.53. The second kappa shape index (κ2) is 2.97. The average Bonchev–Trinajstić information content (AvgIpc) is 2.44. The van der Waals surface area contributed by atoms with Gasteiger partial charge in [-0.25, -0.2) is 0 Å². The van der Waals surface area contributed by atoms with Crippen molar-refractivity contribution in [2.45, 2.75) is 32.4 Å². The third kappa shape index (κ3) is 1.08. The van der Waals surface area contributed by atoms with Crippen molar-refractivity contribution in [1.82, 2.24) is 0 Å². The van der Waals surface area contributed by atoms with Crippen molar-refractivity contribution in [3.8, 4) is 0 Å². The molecular formula is C11H15B. The lowest BCUT2D eigenvalue weighted by atomic mass is 9.43. The normalized spacial score (nSPS) is 21.2. The summed E-state index contributed by atoms with van der Waals surface area (Å²) in [7, 11) is 0. The molecule has 2 rings (SSSR count). The zero-order valence-electron chi connectivity index (χ0n) is 7.88. The molecule has 0 N–H and O–H groups in total. The Labute approximate surface area is 75.1 Å². The van der Waals surface area contributed by atoms with E-state index in [0.29, 0.717) is 0 Å². The van der Waals surface area contributed by atoms with Gasteiger partial charge in [0.2, 0.25) is 0 Å². The molecule has 1 atom stereocenters. The van der Waals surface area contributed by atoms with Crippen molar-refractivity contribution in [2.24, 2.45) is 0 Å². The Kier molecular flexibility index (Phi) is 1.96. The highest BCUT2D eigenvalue weighted by Crippen LogP contribution is 2.28. The maximum atomic E-state index is 2.34. The van der Waals surface area contributed by atoms with Gasteiger partial charge in [0.05, 0.1) is 0 Å². The van der Waals surface area contributed by atoms with E-state index in [1.807, 2.05) is 0 Å². The summed E-state index contributed by atoms with van der Waals surface area (Å²) in [5.74, 6) is 0.783. The fraction of sp³-hybridized carbons (Fsp3) is 0.455. The quantitative estimate of drug-likeness (QED) is 0.551. The van der Waals surface area contributed by atoms with E-state index in [1.54, 1.807) is 11.0 Å². The standard InChI is InChI=1S/C11H15B/c1-3-12-8-9(2)10-6-4-5-7-11(10)12/h4-7,9H,3,8H2,1-2H3. The van der Waals surface area contributed by atoms with Gasteiger partial charge in [0.15, 0.2) is 6.71 Å². The van der Waals surface area contributed by atoms with Crippen molar-refractivity contribution in [3.63, 3.8) is 0 Å². The summed E-state index contributed by atoms with van der Waals surface area (Å²) in [5.41, 5.74) is 3.19. The van der Waals surface area contributed by atoms with Crippen molar-refractivity contribution in [1.29, 1.82) is 0 Å². The largest absolute Gasteiger partial charge is 0.176 e. The highest BCUT2D eigenvalue weighted by atomic mass is 14.2. The summed E-state index contributed by atoms with van der Waals surface area (Å²) in [4.78, 5) is 0. The zero-order chi connectivity index (χ0) is 8.55. The van der Waals surface area contributed by atoms with Crippen LogP contribution in [0.1, 0.15) is 25.3 Å². The molecule has 1 heterocycles. The molecule has 0 amide bonds. The summed E-state index contributed by atoms with van der Waals surface area (Å²) in [5, 5.41) is 0. The van der Waals surface area contributed by atoms with Crippen molar-refractivity contribution in [2.75, 3.05) is 0 Å². The second-order valence-corrected chi connectivity index (χ2v) is 3.87. The van der Waals surface area contributed by atoms with Gasteiger partial charge in [0, 0.05) is 0 Å². The van der Waals surface area contributed by atoms with Crippen LogP contribution < -0.4 is 5.46 Å². The molecule has 0 spiro atoms. The molecule has 0 radical (unpaired) electrons. The number of hydrogen-bond acceptors (Lipinski definition) is 0. The van der Waals surface area contributed by atoms with Crippen LogP contribution >= 0.6 is 0 Å². The van der Waals surface area contributed by atoms with Gasteiger partial charge >= 0.3 is 0 Å². The van der Waals surface area contributed by atoms with E-state index in [4.69, 9.17) is 0 Å². The molecule has 0 bridgehead atoms. The van der Waals surface area contributed by atoms with Crippen LogP contribution in [0.4, 0.5) is 0 Å². The fourth-order valence-electron chi connectivity index (χ4n) is 2.40. The smallest absolute Gasteiger partial charge is 0.0767 e. The molecule has 0 nitrogen and oxygen atoms in total. The van der Waals surface area contributed by atoms with E-state index in [1.165, 1.54) is 12.6 Å². The lowest BCUT2D eigenvalue weighted by Crippen LogP contribution is -2.24. The zero-order valence-corrected chi connectivity index (χ0v) is 7.88. The minimum atomic E-state index is 0.783. The Morgan fingerprint density at radius 1 is 1.42 bits per heavy atom. The van der Waals surface area contributed by atoms with Gasteiger partial charge in [0.1, 0.15) is 0 Å². The lowest BCUT2D eigenvalue weighted by Gasteiger charge is -2.03. The summed E-state index contributed by atoms with van der Waals surface area (Å²) < 4.78 is 0. The van der Waals surface area contributed by atoms with Crippen LogP contribution in [0.2, 0.25) is 12.6 Å². The van der Waals surface area contributed by atoms with Gasteiger partial charge in [0.25, 0.3) is 0 Å². The van der Waals surface area contributed by atoms with Crippen LogP contribution in [0.25, 0.3) is 0 Å². The first-order valence-electron chi connectivity index (χ1n) is 4.91. The Balaban J connectivity index is 2.43. The molecule has 1 heteroatoms. The molecule has 0 aliphatic carbocycles. The third-order valence-electron chi connectivity index (χ3n) is 3.10. The first kappa shape index (κ1) is 7.91. The van der Waals surface area contributed by atoms with Crippen LogP contribution in [0.5, 0.6) is 0 Å². The lowest BCUT2D eigenvalue weighted by molar-refractivity contribution is 0.880. The molecule has 62 valence electrons.